The van der Waals surface area contributed by atoms with Crippen LogP contribution in [-0.2, 0) is 19.1 Å². The van der Waals surface area contributed by atoms with Gasteiger partial charge in [0.15, 0.2) is 12.2 Å². The van der Waals surface area contributed by atoms with Crippen LogP contribution in [0.3, 0.4) is 0 Å². The number of halogens is 2. The zero-order valence-corrected chi connectivity index (χ0v) is 18.4. The summed E-state index contributed by atoms with van der Waals surface area (Å²) in [6.07, 6.45) is -4.12. The van der Waals surface area contributed by atoms with Gasteiger partial charge in [-0.15, -0.1) is 0 Å². The van der Waals surface area contributed by atoms with Crippen molar-refractivity contribution in [1.29, 1.82) is 0 Å². The topological polar surface area (TPSA) is 76.1 Å². The second kappa shape index (κ2) is 9.35. The van der Waals surface area contributed by atoms with Crippen molar-refractivity contribution in [2.24, 2.45) is 0 Å². The second-order valence-electron chi connectivity index (χ2n) is 7.16. The summed E-state index contributed by atoms with van der Waals surface area (Å²) in [5, 5.41) is 11.5. The fraction of sp³-hybridized carbons (Fsp3) is 0.364. The average molecular weight is 452 g/mol. The Kier molecular flexibility index (Phi) is 7.03. The lowest BCUT2D eigenvalue weighted by Gasteiger charge is -2.29. The summed E-state index contributed by atoms with van der Waals surface area (Å²) in [6, 6.07) is 11.9. The highest BCUT2D eigenvalue weighted by Gasteiger charge is 2.44. The van der Waals surface area contributed by atoms with Crippen LogP contribution in [0.25, 0.3) is 0 Å². The van der Waals surface area contributed by atoms with Crippen molar-refractivity contribution in [2.75, 3.05) is 11.5 Å². The molecule has 0 fully saturated rings. The van der Waals surface area contributed by atoms with E-state index in [2.05, 4.69) is 0 Å². The number of aliphatic hydroxyl groups is 1. The van der Waals surface area contributed by atoms with Gasteiger partial charge >= 0.3 is 5.97 Å². The molecule has 6 nitrogen and oxygen atoms in total. The van der Waals surface area contributed by atoms with Gasteiger partial charge in [0, 0.05) is 27.2 Å². The van der Waals surface area contributed by atoms with Crippen molar-refractivity contribution in [2.45, 2.75) is 45.1 Å². The molecule has 0 aromatic heterocycles. The number of ether oxygens (including phenoxy) is 2. The first kappa shape index (κ1) is 22.6. The number of carbonyl (C=O) groups excluding carboxylic acids is 2. The van der Waals surface area contributed by atoms with Gasteiger partial charge in [0.1, 0.15) is 6.10 Å². The first-order valence-electron chi connectivity index (χ1n) is 9.63. The van der Waals surface area contributed by atoms with Crippen LogP contribution in [0.4, 0.5) is 5.69 Å². The summed E-state index contributed by atoms with van der Waals surface area (Å²) in [5.74, 6) is -1.48. The Labute approximate surface area is 185 Å². The number of fused-ring (bicyclic) bond motifs is 1. The third-order valence-electron chi connectivity index (χ3n) is 4.81. The first-order valence-corrected chi connectivity index (χ1v) is 10.4. The number of benzene rings is 2. The standard InChI is InChI=1S/C22H23Cl2NO5/c1-4-29-22(28)18(26)20-21(27)25(12(2)3)17-10-9-13(23)11-15(17)19(30-20)14-7-5-6-8-16(14)24/h5-12,18-20,26H,4H2,1-3H3/t18-,19+,20+/m0/s1. The van der Waals surface area contributed by atoms with Gasteiger partial charge in [0.25, 0.3) is 5.91 Å². The van der Waals surface area contributed by atoms with Crippen LogP contribution >= 0.6 is 23.2 Å². The molecule has 0 saturated heterocycles. The molecule has 2 aromatic rings. The lowest BCUT2D eigenvalue weighted by molar-refractivity contribution is -0.168. The maximum Gasteiger partial charge on any atom is 0.338 e. The molecule has 160 valence electrons. The van der Waals surface area contributed by atoms with E-state index in [1.54, 1.807) is 49.4 Å². The fourth-order valence-corrected chi connectivity index (χ4v) is 3.93. The number of carbonyl (C=O) groups is 2. The van der Waals surface area contributed by atoms with Crippen molar-refractivity contribution < 1.29 is 24.2 Å². The molecule has 1 aliphatic heterocycles. The normalized spacial score (nSPS) is 20.0. The van der Waals surface area contributed by atoms with Gasteiger partial charge in [-0.25, -0.2) is 4.79 Å². The Hall–Kier alpha value is -2.12. The lowest BCUT2D eigenvalue weighted by Crippen LogP contribution is -2.51. The Morgan fingerprint density at radius 1 is 1.20 bits per heavy atom. The lowest BCUT2D eigenvalue weighted by atomic mass is 9.99. The summed E-state index contributed by atoms with van der Waals surface area (Å²) in [5.41, 5.74) is 1.77. The molecule has 3 atom stereocenters. The smallest absolute Gasteiger partial charge is 0.338 e. The molecule has 0 unspecified atom stereocenters. The van der Waals surface area contributed by atoms with Crippen LogP contribution in [0.15, 0.2) is 42.5 Å². The Morgan fingerprint density at radius 2 is 1.90 bits per heavy atom. The van der Waals surface area contributed by atoms with Crippen molar-refractivity contribution >= 4 is 40.8 Å². The Balaban J connectivity index is 2.21. The van der Waals surface area contributed by atoms with E-state index in [0.29, 0.717) is 26.9 Å². The number of hydrogen-bond donors (Lipinski definition) is 1. The van der Waals surface area contributed by atoms with Crippen LogP contribution < -0.4 is 4.90 Å². The summed E-state index contributed by atoms with van der Waals surface area (Å²) < 4.78 is 11.0. The number of anilines is 1. The molecule has 1 heterocycles. The number of hydrogen-bond acceptors (Lipinski definition) is 5. The molecule has 0 aliphatic carbocycles. The zero-order valence-electron chi connectivity index (χ0n) is 16.8. The van der Waals surface area contributed by atoms with Gasteiger partial charge in [-0.05, 0) is 45.0 Å². The highest BCUT2D eigenvalue weighted by Crippen LogP contribution is 2.42. The van der Waals surface area contributed by atoms with Crippen molar-refractivity contribution in [1.82, 2.24) is 0 Å². The monoisotopic (exact) mass is 451 g/mol. The second-order valence-corrected chi connectivity index (χ2v) is 8.00. The number of nitrogens with zero attached hydrogens (tertiary/aromatic N) is 1. The SMILES string of the molecule is CCOC(=O)[C@@H](O)[C@H]1O[C@H](c2ccccc2Cl)c2cc(Cl)ccc2N(C(C)C)C1=O. The molecule has 0 radical (unpaired) electrons. The minimum Gasteiger partial charge on any atom is -0.464 e. The van der Waals surface area contributed by atoms with Crippen LogP contribution in [0, 0.1) is 0 Å². The molecule has 0 bridgehead atoms. The molecule has 1 aliphatic rings. The summed E-state index contributed by atoms with van der Waals surface area (Å²) in [7, 11) is 0. The predicted octanol–water partition coefficient (Wildman–Crippen LogP) is 4.15. The average Bonchev–Trinajstić information content (AvgIpc) is 2.82. The van der Waals surface area contributed by atoms with E-state index in [0.717, 1.165) is 0 Å². The fourth-order valence-electron chi connectivity index (χ4n) is 3.51. The van der Waals surface area contributed by atoms with E-state index in [-0.39, 0.29) is 12.6 Å². The number of amides is 1. The molecule has 3 rings (SSSR count). The van der Waals surface area contributed by atoms with Gasteiger partial charge in [-0.3, -0.25) is 4.79 Å². The molecule has 0 saturated carbocycles. The van der Waals surface area contributed by atoms with Crippen molar-refractivity contribution in [3.8, 4) is 0 Å². The van der Waals surface area contributed by atoms with Crippen molar-refractivity contribution in [3.05, 3.63) is 63.6 Å². The molecule has 30 heavy (non-hydrogen) atoms. The molecule has 8 heteroatoms. The maximum atomic E-state index is 13.4. The Bertz CT molecular complexity index is 949. The highest BCUT2D eigenvalue weighted by atomic mass is 35.5. The molecule has 1 amide bonds. The van der Waals surface area contributed by atoms with Gasteiger partial charge in [-0.1, -0.05) is 41.4 Å². The van der Waals surface area contributed by atoms with E-state index >= 15 is 0 Å². The first-order chi connectivity index (χ1) is 14.3. The summed E-state index contributed by atoms with van der Waals surface area (Å²) in [6.45, 7) is 5.35. The van der Waals surface area contributed by atoms with Gasteiger partial charge in [0.2, 0.25) is 0 Å². The largest absolute Gasteiger partial charge is 0.464 e. The van der Waals surface area contributed by atoms with E-state index in [9.17, 15) is 14.7 Å². The number of rotatable bonds is 5. The molecular weight excluding hydrogens is 429 g/mol. The van der Waals surface area contributed by atoms with E-state index in [4.69, 9.17) is 32.7 Å². The quantitative estimate of drug-likeness (QED) is 0.690. The van der Waals surface area contributed by atoms with E-state index in [1.807, 2.05) is 13.8 Å². The molecule has 2 aromatic carbocycles. The van der Waals surface area contributed by atoms with Gasteiger partial charge in [-0.2, -0.15) is 0 Å². The van der Waals surface area contributed by atoms with E-state index < -0.39 is 30.2 Å². The summed E-state index contributed by atoms with van der Waals surface area (Å²) >= 11 is 12.7. The van der Waals surface area contributed by atoms with Crippen molar-refractivity contribution in [3.63, 3.8) is 0 Å². The third-order valence-corrected chi connectivity index (χ3v) is 5.39. The van der Waals surface area contributed by atoms with Crippen LogP contribution in [-0.4, -0.2) is 41.8 Å². The maximum absolute atomic E-state index is 13.4. The third kappa shape index (κ3) is 4.32. The predicted molar refractivity (Wildman–Crippen MR) is 115 cm³/mol. The van der Waals surface area contributed by atoms with Gasteiger partial charge < -0.3 is 19.5 Å². The molecule has 1 N–H and O–H groups in total. The molecular formula is C22H23Cl2NO5. The number of aliphatic hydroxyl groups excluding tert-OH is 1. The van der Waals surface area contributed by atoms with Crippen LogP contribution in [0.5, 0.6) is 0 Å². The van der Waals surface area contributed by atoms with E-state index in [1.165, 1.54) is 4.90 Å². The highest BCUT2D eigenvalue weighted by molar-refractivity contribution is 6.31. The van der Waals surface area contributed by atoms with Crippen LogP contribution in [0.1, 0.15) is 38.0 Å². The van der Waals surface area contributed by atoms with Gasteiger partial charge in [0.05, 0.1) is 12.3 Å². The minimum atomic E-state index is -1.80. The zero-order chi connectivity index (χ0) is 22.0. The summed E-state index contributed by atoms with van der Waals surface area (Å²) in [4.78, 5) is 27.2. The number of esters is 1. The van der Waals surface area contributed by atoms with Crippen LogP contribution in [0.2, 0.25) is 10.0 Å². The molecule has 0 spiro atoms. The Morgan fingerprint density at radius 3 is 2.53 bits per heavy atom. The minimum absolute atomic E-state index is 0.0640.